The molecule has 3 rings (SSSR count). The zero-order valence-electron chi connectivity index (χ0n) is 9.09. The van der Waals surface area contributed by atoms with Gasteiger partial charge in [-0.2, -0.15) is 0 Å². The van der Waals surface area contributed by atoms with Crippen molar-refractivity contribution in [2.24, 2.45) is 0 Å². The van der Waals surface area contributed by atoms with Crippen molar-refractivity contribution < 1.29 is 0 Å². The molecule has 0 bridgehead atoms. The Bertz CT molecular complexity index is 711. The van der Waals surface area contributed by atoms with Crippen molar-refractivity contribution in [1.82, 2.24) is 24.7 Å². The van der Waals surface area contributed by atoms with E-state index in [1.165, 1.54) is 0 Å². The second kappa shape index (κ2) is 4.62. The monoisotopic (exact) mass is 323 g/mol. The molecule has 0 aliphatic heterocycles. The van der Waals surface area contributed by atoms with Crippen LogP contribution in [0.1, 0.15) is 5.82 Å². The molecule has 0 aliphatic carbocycles. The number of halogens is 2. The van der Waals surface area contributed by atoms with Crippen LogP contribution in [0.4, 0.5) is 0 Å². The summed E-state index contributed by atoms with van der Waals surface area (Å²) in [6.45, 7) is 0. The van der Waals surface area contributed by atoms with E-state index in [2.05, 4.69) is 36.1 Å². The van der Waals surface area contributed by atoms with Gasteiger partial charge in [0, 0.05) is 12.4 Å². The predicted molar refractivity (Wildman–Crippen MR) is 71.7 cm³/mol. The molecule has 7 heteroatoms. The number of hydrogen-bond donors (Lipinski definition) is 0. The van der Waals surface area contributed by atoms with Crippen molar-refractivity contribution in [3.05, 3.63) is 41.2 Å². The Morgan fingerprint density at radius 2 is 2.06 bits per heavy atom. The van der Waals surface area contributed by atoms with Gasteiger partial charge in [0.2, 0.25) is 0 Å². The van der Waals surface area contributed by atoms with Gasteiger partial charge in [-0.05, 0) is 28.1 Å². The average Bonchev–Trinajstić information content (AvgIpc) is 2.88. The first kappa shape index (κ1) is 11.6. The van der Waals surface area contributed by atoms with Crippen molar-refractivity contribution in [2.45, 2.75) is 5.88 Å². The van der Waals surface area contributed by atoms with E-state index in [4.69, 9.17) is 11.6 Å². The predicted octanol–water partition coefficient (Wildman–Crippen LogP) is 2.71. The second-order valence-electron chi connectivity index (χ2n) is 3.57. The quantitative estimate of drug-likeness (QED) is 0.680. The molecule has 0 atom stereocenters. The fraction of sp³-hybridized carbons (Fsp3) is 0.0909. The molecule has 2 heterocycles. The molecule has 18 heavy (non-hydrogen) atoms. The van der Waals surface area contributed by atoms with Crippen molar-refractivity contribution in [1.29, 1.82) is 0 Å². The Balaban J connectivity index is 2.27. The molecular weight excluding hydrogens is 318 g/mol. The largest absolute Gasteiger partial charge is 0.283 e. The van der Waals surface area contributed by atoms with E-state index in [1.807, 2.05) is 16.7 Å². The molecule has 2 aromatic heterocycles. The lowest BCUT2D eigenvalue weighted by Gasteiger charge is -2.08. The van der Waals surface area contributed by atoms with Crippen molar-refractivity contribution >= 4 is 38.6 Å². The van der Waals surface area contributed by atoms with Gasteiger partial charge in [0.25, 0.3) is 0 Å². The van der Waals surface area contributed by atoms with Crippen LogP contribution in [0.15, 0.2) is 35.3 Å². The third-order valence-corrected chi connectivity index (χ3v) is 3.58. The van der Waals surface area contributed by atoms with E-state index >= 15 is 0 Å². The first-order valence-corrected chi connectivity index (χ1v) is 6.48. The van der Waals surface area contributed by atoms with Gasteiger partial charge in [0.1, 0.15) is 11.8 Å². The lowest BCUT2D eigenvalue weighted by atomic mass is 10.2. The van der Waals surface area contributed by atoms with Gasteiger partial charge in [0.05, 0.1) is 21.6 Å². The minimum atomic E-state index is 0.297. The SMILES string of the molecule is ClCc1nncn1-c1ccc2nccnc2c1Br. The molecule has 0 aliphatic rings. The van der Waals surface area contributed by atoms with Crippen molar-refractivity contribution in [2.75, 3.05) is 0 Å². The maximum absolute atomic E-state index is 5.83. The van der Waals surface area contributed by atoms with Gasteiger partial charge >= 0.3 is 0 Å². The van der Waals surface area contributed by atoms with Crippen molar-refractivity contribution in [3.63, 3.8) is 0 Å². The summed E-state index contributed by atoms with van der Waals surface area (Å²) in [5.74, 6) is 0.978. The topological polar surface area (TPSA) is 56.5 Å². The summed E-state index contributed by atoms with van der Waals surface area (Å²) in [7, 11) is 0. The van der Waals surface area contributed by atoms with E-state index in [0.717, 1.165) is 21.2 Å². The molecule has 0 spiro atoms. The summed E-state index contributed by atoms with van der Waals surface area (Å²) in [6, 6.07) is 3.83. The van der Waals surface area contributed by atoms with Crippen LogP contribution >= 0.6 is 27.5 Å². The number of aromatic nitrogens is 5. The first-order valence-electron chi connectivity index (χ1n) is 5.15. The van der Waals surface area contributed by atoms with Crippen LogP contribution in [0.5, 0.6) is 0 Å². The molecular formula is C11H7BrClN5. The Morgan fingerprint density at radius 3 is 2.89 bits per heavy atom. The highest BCUT2D eigenvalue weighted by Gasteiger charge is 2.11. The van der Waals surface area contributed by atoms with E-state index in [9.17, 15) is 0 Å². The van der Waals surface area contributed by atoms with E-state index < -0.39 is 0 Å². The molecule has 90 valence electrons. The fourth-order valence-electron chi connectivity index (χ4n) is 1.73. The Kier molecular flexibility index (Phi) is 2.97. The summed E-state index contributed by atoms with van der Waals surface area (Å²) < 4.78 is 2.67. The van der Waals surface area contributed by atoms with Crippen LogP contribution in [0.2, 0.25) is 0 Å². The van der Waals surface area contributed by atoms with Crippen LogP contribution in [0.25, 0.3) is 16.7 Å². The minimum absolute atomic E-state index is 0.297. The van der Waals surface area contributed by atoms with Crippen LogP contribution in [0, 0.1) is 0 Å². The van der Waals surface area contributed by atoms with Crippen molar-refractivity contribution in [3.8, 4) is 5.69 Å². The molecule has 1 aromatic carbocycles. The smallest absolute Gasteiger partial charge is 0.152 e. The number of rotatable bonds is 2. The number of nitrogens with zero attached hydrogens (tertiary/aromatic N) is 5. The fourth-order valence-corrected chi connectivity index (χ4v) is 2.54. The van der Waals surface area contributed by atoms with Crippen LogP contribution in [0.3, 0.4) is 0 Å². The molecule has 0 amide bonds. The Labute approximate surface area is 116 Å². The molecule has 0 saturated carbocycles. The van der Waals surface area contributed by atoms with Gasteiger partial charge in [-0.25, -0.2) is 0 Å². The molecule has 3 aromatic rings. The Hall–Kier alpha value is -1.53. The van der Waals surface area contributed by atoms with E-state index in [-0.39, 0.29) is 0 Å². The van der Waals surface area contributed by atoms with Crippen LogP contribution in [-0.2, 0) is 5.88 Å². The summed E-state index contributed by atoms with van der Waals surface area (Å²) in [5.41, 5.74) is 2.52. The highest BCUT2D eigenvalue weighted by Crippen LogP contribution is 2.28. The number of fused-ring (bicyclic) bond motifs is 1. The second-order valence-corrected chi connectivity index (χ2v) is 4.63. The normalized spacial score (nSPS) is 11.0. The Morgan fingerprint density at radius 1 is 1.22 bits per heavy atom. The molecule has 0 saturated heterocycles. The van der Waals surface area contributed by atoms with E-state index in [0.29, 0.717) is 11.7 Å². The van der Waals surface area contributed by atoms with Gasteiger partial charge in [-0.1, -0.05) is 0 Å². The van der Waals surface area contributed by atoms with Gasteiger partial charge in [-0.15, -0.1) is 21.8 Å². The zero-order chi connectivity index (χ0) is 12.5. The lowest BCUT2D eigenvalue weighted by molar-refractivity contribution is 0.948. The highest BCUT2D eigenvalue weighted by atomic mass is 79.9. The molecule has 0 N–H and O–H groups in total. The number of benzene rings is 1. The van der Waals surface area contributed by atoms with Gasteiger partial charge in [-0.3, -0.25) is 14.5 Å². The molecule has 0 unspecified atom stereocenters. The van der Waals surface area contributed by atoms with Gasteiger partial charge < -0.3 is 0 Å². The average molecular weight is 325 g/mol. The lowest BCUT2D eigenvalue weighted by Crippen LogP contribution is -2.00. The van der Waals surface area contributed by atoms with Crippen LogP contribution < -0.4 is 0 Å². The summed E-state index contributed by atoms with van der Waals surface area (Å²) >= 11 is 9.37. The maximum atomic E-state index is 5.83. The maximum Gasteiger partial charge on any atom is 0.152 e. The third kappa shape index (κ3) is 1.77. The standard InChI is InChI=1S/C11H7BrClN5/c12-10-8(18-6-16-17-9(18)5-13)2-1-7-11(10)15-4-3-14-7/h1-4,6H,5H2. The van der Waals surface area contributed by atoms with Gasteiger partial charge in [0.15, 0.2) is 5.82 Å². The third-order valence-electron chi connectivity index (χ3n) is 2.56. The minimum Gasteiger partial charge on any atom is -0.283 e. The summed E-state index contributed by atoms with van der Waals surface area (Å²) in [6.07, 6.45) is 4.95. The number of alkyl halides is 1. The summed E-state index contributed by atoms with van der Waals surface area (Å²) in [5, 5.41) is 7.82. The first-order chi connectivity index (χ1) is 8.81. The molecule has 0 radical (unpaired) electrons. The highest BCUT2D eigenvalue weighted by molar-refractivity contribution is 9.10. The molecule has 5 nitrogen and oxygen atoms in total. The zero-order valence-corrected chi connectivity index (χ0v) is 11.4. The number of hydrogen-bond acceptors (Lipinski definition) is 4. The summed E-state index contributed by atoms with van der Waals surface area (Å²) in [4.78, 5) is 8.56. The van der Waals surface area contributed by atoms with Crippen LogP contribution in [-0.4, -0.2) is 24.7 Å². The molecule has 0 fully saturated rings. The van der Waals surface area contributed by atoms with E-state index in [1.54, 1.807) is 18.7 Å².